The average Bonchev–Trinajstić information content (AvgIpc) is 3.75. The Bertz CT molecular complexity index is 2290. The molecule has 6 nitrogen and oxygen atoms in total. The van der Waals surface area contributed by atoms with Crippen LogP contribution in [0.4, 0.5) is 96.6 Å². The summed E-state index contributed by atoms with van der Waals surface area (Å²) in [6.45, 7) is 0. The van der Waals surface area contributed by atoms with Crippen LogP contribution in [0.5, 0.6) is 0 Å². The van der Waals surface area contributed by atoms with Crippen LogP contribution >= 0.6 is 0 Å². The third kappa shape index (κ3) is 7.36. The second-order valence-corrected chi connectivity index (χ2v) is 10.5. The fourth-order valence-corrected chi connectivity index (χ4v) is 4.85. The van der Waals surface area contributed by atoms with E-state index in [2.05, 4.69) is 0 Å². The highest BCUT2D eigenvalue weighted by atomic mass is 19.4. The number of halogens is 22. The van der Waals surface area contributed by atoms with E-state index in [9.17, 15) is 90.4 Å². The Kier molecular flexibility index (Phi) is 10.4. The van der Waals surface area contributed by atoms with Crippen molar-refractivity contribution in [3.63, 3.8) is 0 Å². The topological polar surface area (TPSA) is 110 Å². The van der Waals surface area contributed by atoms with Crippen molar-refractivity contribution in [3.05, 3.63) is 103 Å². The molecule has 0 spiro atoms. The highest BCUT2D eigenvalue weighted by Gasteiger charge is 2.52. The molecular formula is C29F22N6. The summed E-state index contributed by atoms with van der Waals surface area (Å²) in [4.78, 5) is 5.33. The molecule has 0 bridgehead atoms. The summed E-state index contributed by atoms with van der Waals surface area (Å²) >= 11 is 0. The highest BCUT2D eigenvalue weighted by Crippen LogP contribution is 2.58. The van der Waals surface area contributed by atoms with Gasteiger partial charge in [0, 0.05) is 16.7 Å². The number of allylic oxidation sites excluding steroid dienone is 6. The van der Waals surface area contributed by atoms with Crippen LogP contribution in [-0.4, -0.2) is 15.0 Å². The number of aromatic nitrogens is 3. The lowest BCUT2D eigenvalue weighted by atomic mass is 9.99. The molecule has 0 N–H and O–H groups in total. The Balaban J connectivity index is 2.48. The molecule has 0 aromatic carbocycles. The lowest BCUT2D eigenvalue weighted by Gasteiger charge is -2.16. The van der Waals surface area contributed by atoms with Gasteiger partial charge in [0.15, 0.2) is 63.4 Å². The van der Waals surface area contributed by atoms with Crippen molar-refractivity contribution in [2.24, 2.45) is 0 Å². The second kappa shape index (κ2) is 13.7. The molecule has 4 rings (SSSR count). The van der Waals surface area contributed by atoms with Crippen molar-refractivity contribution in [1.82, 2.24) is 15.0 Å². The van der Waals surface area contributed by atoms with Gasteiger partial charge in [-0.25, -0.2) is 41.3 Å². The van der Waals surface area contributed by atoms with Gasteiger partial charge >= 0.3 is 30.9 Å². The molecule has 0 saturated heterocycles. The van der Waals surface area contributed by atoms with Gasteiger partial charge in [0.2, 0.25) is 5.95 Å². The zero-order chi connectivity index (χ0) is 43.9. The first kappa shape index (κ1) is 43.3. The van der Waals surface area contributed by atoms with Crippen molar-refractivity contribution in [2.75, 3.05) is 0 Å². The second-order valence-electron chi connectivity index (χ2n) is 10.5. The summed E-state index contributed by atoms with van der Waals surface area (Å²) in [6, 6.07) is 1.43. The van der Waals surface area contributed by atoms with Gasteiger partial charge in [-0.15, -0.1) is 0 Å². The molecule has 57 heavy (non-hydrogen) atoms. The monoisotopic (exact) mass is 850 g/mol. The van der Waals surface area contributed by atoms with Crippen molar-refractivity contribution in [1.29, 1.82) is 15.8 Å². The highest BCUT2D eigenvalue weighted by molar-refractivity contribution is 6.12. The average molecular weight is 850 g/mol. The van der Waals surface area contributed by atoms with Gasteiger partial charge in [-0.2, -0.15) is 86.0 Å². The standard InChI is InChI=1S/C29F22N6/c30-13-10(14(31)20(26(40,41)42)55-19(13)25(37,38)39)4(1-52)7-8(9(7)6(3-54)12-17(34)23(29(49,50)51)57-24(36)18(12)35)5(2-53)11-15(32)21(27(43,44)45)56-22(16(11)33)28(46,47)48/b7-4-,8-5+,9-6?. The van der Waals surface area contributed by atoms with Crippen LogP contribution in [0.15, 0.2) is 16.7 Å². The van der Waals surface area contributed by atoms with Gasteiger partial charge in [-0.1, -0.05) is 0 Å². The van der Waals surface area contributed by atoms with E-state index in [4.69, 9.17) is 0 Å². The maximum absolute atomic E-state index is 15.3. The van der Waals surface area contributed by atoms with Crippen molar-refractivity contribution in [3.8, 4) is 18.2 Å². The van der Waals surface area contributed by atoms with Crippen LogP contribution in [0.1, 0.15) is 45.2 Å². The Labute approximate surface area is 296 Å². The van der Waals surface area contributed by atoms with Crippen LogP contribution in [0.3, 0.4) is 0 Å². The quantitative estimate of drug-likeness (QED) is 0.147. The minimum absolute atomic E-state index is 0.453. The smallest absolute Gasteiger partial charge is 0.233 e. The molecule has 3 heterocycles. The SMILES string of the molecule is N#CC(=C1C(=C(\C#N)c2c(F)c(C(F)(F)F)nc(C(F)(F)F)c2F)/C1=C(\C#N)c1c(F)c(C(F)(F)F)nc(C(F)(F)F)c1F)c1c(F)c(F)nc(C(F)(F)F)c1F. The lowest BCUT2D eigenvalue weighted by Crippen LogP contribution is -2.21. The van der Waals surface area contributed by atoms with Crippen molar-refractivity contribution < 1.29 is 96.6 Å². The van der Waals surface area contributed by atoms with Crippen LogP contribution in [0.25, 0.3) is 16.7 Å². The Morgan fingerprint density at radius 1 is 0.333 bits per heavy atom. The Morgan fingerprint density at radius 2 is 0.526 bits per heavy atom. The molecule has 0 amide bonds. The summed E-state index contributed by atoms with van der Waals surface area (Å²) in [5.74, 6) is -22.7. The maximum Gasteiger partial charge on any atom is 0.436 e. The number of nitriles is 3. The molecule has 1 saturated carbocycles. The van der Waals surface area contributed by atoms with Crippen LogP contribution in [-0.2, 0) is 30.9 Å². The minimum Gasteiger partial charge on any atom is -0.233 e. The molecule has 28 heteroatoms. The molecule has 1 aliphatic carbocycles. The summed E-state index contributed by atoms with van der Waals surface area (Å²) in [5, 5.41) is 29.3. The zero-order valence-corrected chi connectivity index (χ0v) is 25.5. The van der Waals surface area contributed by atoms with Gasteiger partial charge in [-0.3, -0.25) is 0 Å². The molecule has 0 atom stereocenters. The molecule has 3 aromatic rings. The molecule has 0 aliphatic heterocycles. The van der Waals surface area contributed by atoms with E-state index in [1.165, 1.54) is 0 Å². The first-order valence-electron chi connectivity index (χ1n) is 13.4. The third-order valence-corrected chi connectivity index (χ3v) is 7.06. The van der Waals surface area contributed by atoms with Gasteiger partial charge in [0.05, 0.1) is 33.4 Å². The van der Waals surface area contributed by atoms with Crippen LogP contribution in [0.2, 0.25) is 0 Å². The van der Waals surface area contributed by atoms with E-state index in [1.54, 1.807) is 9.97 Å². The molecule has 0 radical (unpaired) electrons. The van der Waals surface area contributed by atoms with E-state index in [0.29, 0.717) is 18.2 Å². The summed E-state index contributed by atoms with van der Waals surface area (Å²) in [7, 11) is 0. The molecule has 1 aliphatic rings. The first-order valence-corrected chi connectivity index (χ1v) is 13.4. The normalized spacial score (nSPS) is 16.5. The number of rotatable bonds is 3. The number of pyridine rings is 3. The molecule has 300 valence electrons. The van der Waals surface area contributed by atoms with Crippen LogP contribution < -0.4 is 0 Å². The minimum atomic E-state index is -6.41. The van der Waals surface area contributed by atoms with E-state index in [0.717, 1.165) is 0 Å². The maximum atomic E-state index is 15.3. The fraction of sp³-hybridized carbons (Fsp3) is 0.172. The van der Waals surface area contributed by atoms with Crippen LogP contribution in [0, 0.1) is 74.8 Å². The van der Waals surface area contributed by atoms with E-state index in [1.807, 2.05) is 4.98 Å². The van der Waals surface area contributed by atoms with Gasteiger partial charge < -0.3 is 0 Å². The van der Waals surface area contributed by atoms with Gasteiger partial charge in [0.25, 0.3) is 0 Å². The predicted octanol–water partition coefficient (Wildman–Crippen LogP) is 10.2. The van der Waals surface area contributed by atoms with Gasteiger partial charge in [0.1, 0.15) is 18.2 Å². The van der Waals surface area contributed by atoms with E-state index >= 15 is 22.0 Å². The third-order valence-electron chi connectivity index (χ3n) is 7.06. The molecule has 3 aromatic heterocycles. The molecular weight excluding hydrogens is 850 g/mol. The fourth-order valence-electron chi connectivity index (χ4n) is 4.85. The zero-order valence-electron chi connectivity index (χ0n) is 25.5. The Hall–Kier alpha value is -6.40. The van der Waals surface area contributed by atoms with Crippen molar-refractivity contribution in [2.45, 2.75) is 30.9 Å². The number of hydrogen-bond acceptors (Lipinski definition) is 6. The van der Waals surface area contributed by atoms with E-state index < -0.39 is 150 Å². The Morgan fingerprint density at radius 3 is 0.719 bits per heavy atom. The summed E-state index contributed by atoms with van der Waals surface area (Å²) in [5.41, 5.74) is -39.2. The largest absolute Gasteiger partial charge is 0.436 e. The first-order chi connectivity index (χ1) is 25.8. The summed E-state index contributed by atoms with van der Waals surface area (Å²) in [6.07, 6.45) is -31.8. The van der Waals surface area contributed by atoms with Crippen molar-refractivity contribution >= 4 is 16.7 Å². The lowest BCUT2D eigenvalue weighted by molar-refractivity contribution is -0.155. The number of alkyl halides is 15. The summed E-state index contributed by atoms with van der Waals surface area (Å²) < 4.78 is 309. The van der Waals surface area contributed by atoms with Gasteiger partial charge in [-0.05, 0) is 0 Å². The molecule has 1 fully saturated rings. The molecule has 0 unspecified atom stereocenters. The number of hydrogen-bond donors (Lipinski definition) is 0. The van der Waals surface area contributed by atoms with E-state index in [-0.39, 0.29) is 0 Å². The predicted molar refractivity (Wildman–Crippen MR) is 135 cm³/mol. The number of nitrogens with zero attached hydrogens (tertiary/aromatic N) is 6.